The number of likely N-dealkylation sites (tertiary alicyclic amines) is 1. The average Bonchev–Trinajstić information content (AvgIpc) is 3.53. The topological polar surface area (TPSA) is 138 Å². The first-order chi connectivity index (χ1) is 21.4. The summed E-state index contributed by atoms with van der Waals surface area (Å²) in [6.07, 6.45) is 8.11. The number of hydrogen-bond donors (Lipinski definition) is 2. The van der Waals surface area contributed by atoms with Crippen LogP contribution >= 0.6 is 0 Å². The van der Waals surface area contributed by atoms with Crippen molar-refractivity contribution in [1.29, 1.82) is 5.26 Å². The van der Waals surface area contributed by atoms with Gasteiger partial charge in [-0.2, -0.15) is 10.4 Å². The predicted octanol–water partition coefficient (Wildman–Crippen LogP) is 5.79. The number of piperidine rings is 1. The number of nitrogens with zero attached hydrogens (tertiary/aromatic N) is 6. The van der Waals surface area contributed by atoms with Gasteiger partial charge in [-0.1, -0.05) is 55.8 Å². The van der Waals surface area contributed by atoms with Gasteiger partial charge < -0.3 is 20.3 Å². The SMILES string of the molecule is CCCC(C#N)NC(=O)c1ccc(-c2nc(Nc3cnn(C4CCN(C(=O)OCc5ccccc5)CC4)c3)ncc2C)cc1. The van der Waals surface area contributed by atoms with E-state index in [9.17, 15) is 14.9 Å². The Kier molecular flexibility index (Phi) is 9.81. The Morgan fingerprint density at radius 3 is 2.55 bits per heavy atom. The molecule has 1 aliphatic heterocycles. The number of rotatable bonds is 10. The summed E-state index contributed by atoms with van der Waals surface area (Å²) in [5.41, 5.74) is 4.69. The molecule has 0 spiro atoms. The van der Waals surface area contributed by atoms with Crippen molar-refractivity contribution in [2.75, 3.05) is 18.4 Å². The van der Waals surface area contributed by atoms with Crippen LogP contribution in [0.2, 0.25) is 0 Å². The van der Waals surface area contributed by atoms with Crippen molar-refractivity contribution >= 4 is 23.6 Å². The first kappa shape index (κ1) is 30.2. The highest BCUT2D eigenvalue weighted by Crippen LogP contribution is 2.26. The molecule has 2 aromatic carbocycles. The molecule has 2 aromatic heterocycles. The number of aromatic nitrogens is 4. The second kappa shape index (κ2) is 14.3. The fourth-order valence-electron chi connectivity index (χ4n) is 5.13. The molecule has 0 bridgehead atoms. The molecule has 2 amide bonds. The van der Waals surface area contributed by atoms with Crippen LogP contribution in [-0.4, -0.2) is 55.8 Å². The largest absolute Gasteiger partial charge is 0.445 e. The van der Waals surface area contributed by atoms with E-state index < -0.39 is 6.04 Å². The monoisotopic (exact) mass is 592 g/mol. The van der Waals surface area contributed by atoms with Crippen LogP contribution < -0.4 is 10.6 Å². The zero-order valence-electron chi connectivity index (χ0n) is 24.9. The van der Waals surface area contributed by atoms with Gasteiger partial charge in [0, 0.05) is 36.6 Å². The summed E-state index contributed by atoms with van der Waals surface area (Å²) in [5, 5.41) is 19.8. The van der Waals surface area contributed by atoms with E-state index in [1.54, 1.807) is 29.4 Å². The third-order valence-corrected chi connectivity index (χ3v) is 7.59. The van der Waals surface area contributed by atoms with E-state index in [1.165, 1.54) is 0 Å². The quantitative estimate of drug-likeness (QED) is 0.236. The smallest absolute Gasteiger partial charge is 0.410 e. The first-order valence-electron chi connectivity index (χ1n) is 14.8. The summed E-state index contributed by atoms with van der Waals surface area (Å²) < 4.78 is 7.41. The first-order valence-corrected chi connectivity index (χ1v) is 14.8. The van der Waals surface area contributed by atoms with E-state index >= 15 is 0 Å². The number of benzene rings is 2. The second-order valence-electron chi connectivity index (χ2n) is 10.8. The van der Waals surface area contributed by atoms with Gasteiger partial charge in [-0.15, -0.1) is 0 Å². The van der Waals surface area contributed by atoms with E-state index in [0.29, 0.717) is 31.0 Å². The molecule has 11 nitrogen and oxygen atoms in total. The molecule has 2 N–H and O–H groups in total. The average molecular weight is 593 g/mol. The minimum absolute atomic E-state index is 0.166. The van der Waals surface area contributed by atoms with Gasteiger partial charge >= 0.3 is 6.09 Å². The minimum atomic E-state index is -0.504. The van der Waals surface area contributed by atoms with Crippen molar-refractivity contribution in [3.63, 3.8) is 0 Å². The van der Waals surface area contributed by atoms with Crippen molar-refractivity contribution < 1.29 is 14.3 Å². The van der Waals surface area contributed by atoms with Crippen LogP contribution in [0.25, 0.3) is 11.3 Å². The van der Waals surface area contributed by atoms with E-state index in [1.807, 2.05) is 67.2 Å². The molecule has 4 aromatic rings. The molecule has 1 atom stereocenters. The van der Waals surface area contributed by atoms with Crippen LogP contribution in [0.3, 0.4) is 0 Å². The Morgan fingerprint density at radius 2 is 1.84 bits per heavy atom. The van der Waals surface area contributed by atoms with Gasteiger partial charge in [0.25, 0.3) is 5.91 Å². The Morgan fingerprint density at radius 1 is 1.09 bits per heavy atom. The van der Waals surface area contributed by atoms with Gasteiger partial charge in [0.1, 0.15) is 12.6 Å². The number of anilines is 2. The number of nitrogens with one attached hydrogen (secondary N) is 2. The molecule has 226 valence electrons. The number of nitriles is 1. The normalized spacial score (nSPS) is 14.0. The highest BCUT2D eigenvalue weighted by atomic mass is 16.6. The van der Waals surface area contributed by atoms with E-state index in [-0.39, 0.29) is 24.6 Å². The lowest BCUT2D eigenvalue weighted by Crippen LogP contribution is -2.39. The predicted molar refractivity (Wildman–Crippen MR) is 166 cm³/mol. The van der Waals surface area contributed by atoms with Crippen molar-refractivity contribution in [3.05, 3.63) is 89.9 Å². The number of hydrogen-bond acceptors (Lipinski definition) is 8. The molecule has 1 unspecified atom stereocenters. The van der Waals surface area contributed by atoms with Crippen LogP contribution in [0.4, 0.5) is 16.4 Å². The van der Waals surface area contributed by atoms with Crippen LogP contribution in [-0.2, 0) is 11.3 Å². The molecule has 1 saturated heterocycles. The maximum atomic E-state index is 12.6. The molecular formula is C33H36N8O3. The summed E-state index contributed by atoms with van der Waals surface area (Å²) in [5.74, 6) is 0.156. The minimum Gasteiger partial charge on any atom is -0.445 e. The molecule has 44 heavy (non-hydrogen) atoms. The zero-order chi connectivity index (χ0) is 30.9. The highest BCUT2D eigenvalue weighted by Gasteiger charge is 2.25. The maximum Gasteiger partial charge on any atom is 0.410 e. The number of ether oxygens (including phenoxy) is 1. The van der Waals surface area contributed by atoms with E-state index in [4.69, 9.17) is 9.72 Å². The number of amides is 2. The summed E-state index contributed by atoms with van der Waals surface area (Å²) in [4.78, 5) is 36.0. The molecular weight excluding hydrogens is 556 g/mol. The van der Waals surface area contributed by atoms with E-state index in [2.05, 4.69) is 26.8 Å². The Bertz CT molecular complexity index is 1610. The lowest BCUT2D eigenvalue weighted by molar-refractivity contribution is 0.0821. The molecule has 0 saturated carbocycles. The Balaban J connectivity index is 1.16. The van der Waals surface area contributed by atoms with Gasteiger partial charge in [0.05, 0.1) is 29.7 Å². The highest BCUT2D eigenvalue weighted by molar-refractivity contribution is 5.95. The Labute approximate surface area is 256 Å². The van der Waals surface area contributed by atoms with Crippen LogP contribution in [0.5, 0.6) is 0 Å². The standard InChI is InChI=1S/C33H36N8O3/c1-3-7-27(18-34)37-31(42)26-12-10-25(11-13-26)30-23(2)19-35-32(39-30)38-28-20-36-41(21-28)29-14-16-40(17-15-29)33(43)44-22-24-8-5-4-6-9-24/h4-6,8-13,19-21,27,29H,3,7,14-17,22H2,1-2H3,(H,37,42)(H,35,38,39). The van der Waals surface area contributed by atoms with Gasteiger partial charge in [0.2, 0.25) is 5.95 Å². The molecule has 5 rings (SSSR count). The molecule has 0 radical (unpaired) electrons. The van der Waals surface area contributed by atoms with Crippen LogP contribution in [0, 0.1) is 18.3 Å². The van der Waals surface area contributed by atoms with Gasteiger partial charge in [-0.25, -0.2) is 14.8 Å². The fraction of sp³-hybridized carbons (Fsp3) is 0.333. The maximum absolute atomic E-state index is 12.6. The van der Waals surface area contributed by atoms with Crippen molar-refractivity contribution in [1.82, 2.24) is 30.0 Å². The molecule has 1 aliphatic rings. The number of carbonyl (C=O) groups excluding carboxylic acids is 2. The van der Waals surface area contributed by atoms with Crippen molar-refractivity contribution in [2.24, 2.45) is 0 Å². The number of carbonyl (C=O) groups is 2. The van der Waals surface area contributed by atoms with E-state index in [0.717, 1.165) is 47.3 Å². The lowest BCUT2D eigenvalue weighted by Gasteiger charge is -2.31. The molecule has 1 fully saturated rings. The lowest BCUT2D eigenvalue weighted by atomic mass is 10.1. The van der Waals surface area contributed by atoms with Crippen LogP contribution in [0.1, 0.15) is 60.1 Å². The Hall–Kier alpha value is -5.24. The summed E-state index contributed by atoms with van der Waals surface area (Å²) in [6.45, 7) is 5.38. The summed E-state index contributed by atoms with van der Waals surface area (Å²) in [6, 6.07) is 18.6. The molecule has 3 heterocycles. The fourth-order valence-corrected chi connectivity index (χ4v) is 5.13. The third-order valence-electron chi connectivity index (χ3n) is 7.59. The van der Waals surface area contributed by atoms with Gasteiger partial charge in [-0.05, 0) is 49.4 Å². The summed E-state index contributed by atoms with van der Waals surface area (Å²) >= 11 is 0. The van der Waals surface area contributed by atoms with Crippen molar-refractivity contribution in [3.8, 4) is 17.3 Å². The number of aryl methyl sites for hydroxylation is 1. The van der Waals surface area contributed by atoms with Crippen LogP contribution in [0.15, 0.2) is 73.2 Å². The van der Waals surface area contributed by atoms with Gasteiger partial charge in [-0.3, -0.25) is 9.48 Å². The third kappa shape index (κ3) is 7.58. The molecule has 11 heteroatoms. The zero-order valence-corrected chi connectivity index (χ0v) is 24.9. The van der Waals surface area contributed by atoms with Gasteiger partial charge in [0.15, 0.2) is 0 Å². The second-order valence-corrected chi connectivity index (χ2v) is 10.8. The molecule has 0 aliphatic carbocycles. The van der Waals surface area contributed by atoms with Crippen molar-refractivity contribution in [2.45, 2.75) is 58.2 Å². The summed E-state index contributed by atoms with van der Waals surface area (Å²) in [7, 11) is 0.